The van der Waals surface area contributed by atoms with Crippen LogP contribution in [0.5, 0.6) is 0 Å². The minimum atomic E-state index is -0.349. The van der Waals surface area contributed by atoms with E-state index in [4.69, 9.17) is 0 Å². The van der Waals surface area contributed by atoms with E-state index in [-0.39, 0.29) is 10.6 Å². The molecule has 8 nitrogen and oxygen atoms in total. The molecule has 0 radical (unpaired) electrons. The van der Waals surface area contributed by atoms with Crippen molar-refractivity contribution in [2.75, 3.05) is 18.0 Å². The van der Waals surface area contributed by atoms with E-state index in [0.29, 0.717) is 5.92 Å². The van der Waals surface area contributed by atoms with Gasteiger partial charge < -0.3 is 4.90 Å². The number of hydrogen-bond acceptors (Lipinski definition) is 6. The van der Waals surface area contributed by atoms with Crippen molar-refractivity contribution >= 4 is 11.4 Å². The Morgan fingerprint density at radius 1 is 1.14 bits per heavy atom. The number of nitro benzene ring substituents is 1. The molecule has 28 heavy (non-hydrogen) atoms. The summed E-state index contributed by atoms with van der Waals surface area (Å²) in [5.74, 6) is 0.677. The average molecular weight is 378 g/mol. The van der Waals surface area contributed by atoms with Gasteiger partial charge in [0.25, 0.3) is 5.69 Å². The molecule has 0 unspecified atom stereocenters. The molecule has 0 atom stereocenters. The number of aryl methyl sites for hydroxylation is 1. The fourth-order valence-electron chi connectivity index (χ4n) is 3.52. The molecule has 1 saturated heterocycles. The summed E-state index contributed by atoms with van der Waals surface area (Å²) in [6.45, 7) is 5.93. The molecule has 0 bridgehead atoms. The van der Waals surface area contributed by atoms with Gasteiger partial charge in [0, 0.05) is 42.7 Å². The van der Waals surface area contributed by atoms with Gasteiger partial charge in [-0.1, -0.05) is 6.92 Å². The average Bonchev–Trinajstić information content (AvgIpc) is 3.18. The Morgan fingerprint density at radius 3 is 2.64 bits per heavy atom. The van der Waals surface area contributed by atoms with Crippen LogP contribution in [0.25, 0.3) is 16.9 Å². The van der Waals surface area contributed by atoms with Crippen molar-refractivity contribution in [1.82, 2.24) is 19.7 Å². The number of rotatable bonds is 4. The fraction of sp³-hybridized carbons (Fsp3) is 0.350. The Labute approximate surface area is 163 Å². The van der Waals surface area contributed by atoms with Crippen molar-refractivity contribution in [3.63, 3.8) is 0 Å². The van der Waals surface area contributed by atoms with Gasteiger partial charge in [-0.3, -0.25) is 10.1 Å². The zero-order chi connectivity index (χ0) is 19.7. The van der Waals surface area contributed by atoms with Crippen molar-refractivity contribution in [3.8, 4) is 16.9 Å². The first-order chi connectivity index (χ1) is 13.5. The van der Waals surface area contributed by atoms with E-state index in [0.717, 1.165) is 54.3 Å². The second-order valence-electron chi connectivity index (χ2n) is 7.32. The highest BCUT2D eigenvalue weighted by atomic mass is 16.6. The molecule has 1 aliphatic heterocycles. The summed E-state index contributed by atoms with van der Waals surface area (Å²) in [6.07, 6.45) is 7.35. The van der Waals surface area contributed by atoms with E-state index in [2.05, 4.69) is 26.9 Å². The fourth-order valence-corrected chi connectivity index (χ4v) is 3.52. The summed E-state index contributed by atoms with van der Waals surface area (Å²) in [6, 6.07) is 6.86. The van der Waals surface area contributed by atoms with Crippen LogP contribution >= 0.6 is 0 Å². The number of nitrogens with zero attached hydrogens (tertiary/aromatic N) is 6. The van der Waals surface area contributed by atoms with Crippen LogP contribution in [-0.2, 0) is 0 Å². The summed E-state index contributed by atoms with van der Waals surface area (Å²) in [5, 5.41) is 15.8. The Balaban J connectivity index is 1.74. The van der Waals surface area contributed by atoms with Crippen molar-refractivity contribution in [3.05, 3.63) is 58.8 Å². The maximum atomic E-state index is 11.3. The lowest BCUT2D eigenvalue weighted by Crippen LogP contribution is -2.33. The first-order valence-electron chi connectivity index (χ1n) is 9.39. The van der Waals surface area contributed by atoms with E-state index in [1.165, 1.54) is 12.4 Å². The third-order valence-corrected chi connectivity index (χ3v) is 5.22. The second kappa shape index (κ2) is 7.38. The quantitative estimate of drug-likeness (QED) is 0.507. The van der Waals surface area contributed by atoms with Gasteiger partial charge in [-0.2, -0.15) is 5.10 Å². The molecule has 0 spiro atoms. The maximum absolute atomic E-state index is 11.3. The third-order valence-electron chi connectivity index (χ3n) is 5.22. The van der Waals surface area contributed by atoms with Crippen LogP contribution in [0, 0.1) is 23.0 Å². The molecule has 2 aromatic heterocycles. The highest BCUT2D eigenvalue weighted by Gasteiger charge is 2.22. The Kier molecular flexibility index (Phi) is 4.77. The molecule has 144 valence electrons. The lowest BCUT2D eigenvalue weighted by molar-refractivity contribution is -0.384. The molecule has 8 heteroatoms. The summed E-state index contributed by atoms with van der Waals surface area (Å²) in [5.41, 5.74) is 4.33. The SMILES string of the molecule is Cc1cc(-c2cnn(-c3ccc([N+](=O)[O-])cc3N3CCC(C)CC3)c2)ncn1. The molecule has 0 saturated carbocycles. The highest BCUT2D eigenvalue weighted by Crippen LogP contribution is 2.32. The minimum absolute atomic E-state index is 0.0937. The second-order valence-corrected chi connectivity index (χ2v) is 7.32. The predicted molar refractivity (Wildman–Crippen MR) is 107 cm³/mol. The monoisotopic (exact) mass is 378 g/mol. The Bertz CT molecular complexity index is 1010. The minimum Gasteiger partial charge on any atom is -0.370 e. The maximum Gasteiger partial charge on any atom is 0.271 e. The molecular formula is C20H22N6O2. The van der Waals surface area contributed by atoms with Crippen molar-refractivity contribution < 1.29 is 4.92 Å². The number of aromatic nitrogens is 4. The van der Waals surface area contributed by atoms with Crippen LogP contribution in [0.1, 0.15) is 25.5 Å². The van der Waals surface area contributed by atoms with Gasteiger partial charge in [0.15, 0.2) is 0 Å². The summed E-state index contributed by atoms with van der Waals surface area (Å²) in [4.78, 5) is 21.6. The Morgan fingerprint density at radius 2 is 1.93 bits per heavy atom. The van der Waals surface area contributed by atoms with Crippen molar-refractivity contribution in [2.45, 2.75) is 26.7 Å². The molecule has 1 aromatic carbocycles. The smallest absolute Gasteiger partial charge is 0.271 e. The van der Waals surface area contributed by atoms with Gasteiger partial charge in [0.1, 0.15) is 6.33 Å². The van der Waals surface area contributed by atoms with Crippen molar-refractivity contribution in [1.29, 1.82) is 0 Å². The van der Waals surface area contributed by atoms with Gasteiger partial charge in [-0.05, 0) is 37.8 Å². The lowest BCUT2D eigenvalue weighted by atomic mass is 9.98. The molecule has 3 aromatic rings. The van der Waals surface area contributed by atoms with Crippen LogP contribution in [-0.4, -0.2) is 37.8 Å². The van der Waals surface area contributed by atoms with E-state index in [1.807, 2.05) is 19.2 Å². The molecule has 0 amide bonds. The standard InChI is InChI=1S/C20H22N6O2/c1-14-5-7-24(8-6-14)20-10-17(26(27)28)3-4-19(20)25-12-16(11-23-25)18-9-15(2)21-13-22-18/h3-4,9-14H,5-8H2,1-2H3. The molecule has 4 rings (SSSR count). The van der Waals surface area contributed by atoms with Crippen molar-refractivity contribution in [2.24, 2.45) is 5.92 Å². The number of piperidine rings is 1. The van der Waals surface area contributed by atoms with Gasteiger partial charge in [0.05, 0.1) is 28.2 Å². The van der Waals surface area contributed by atoms with E-state index < -0.39 is 0 Å². The van der Waals surface area contributed by atoms with Gasteiger partial charge >= 0.3 is 0 Å². The molecular weight excluding hydrogens is 356 g/mol. The number of benzene rings is 1. The number of non-ortho nitro benzene ring substituents is 1. The van der Waals surface area contributed by atoms with E-state index in [1.54, 1.807) is 23.0 Å². The molecule has 0 N–H and O–H groups in total. The topological polar surface area (TPSA) is 90.0 Å². The first-order valence-corrected chi connectivity index (χ1v) is 9.39. The van der Waals surface area contributed by atoms with E-state index >= 15 is 0 Å². The predicted octanol–water partition coefficient (Wildman–Crippen LogP) is 3.78. The zero-order valence-corrected chi connectivity index (χ0v) is 15.9. The number of hydrogen-bond donors (Lipinski definition) is 0. The molecule has 0 aliphatic carbocycles. The van der Waals surface area contributed by atoms with Crippen LogP contribution in [0.3, 0.4) is 0 Å². The normalized spacial score (nSPS) is 15.0. The Hall–Kier alpha value is -3.29. The number of anilines is 1. The number of nitro groups is 1. The zero-order valence-electron chi connectivity index (χ0n) is 15.9. The summed E-state index contributed by atoms with van der Waals surface area (Å²) in [7, 11) is 0. The van der Waals surface area contributed by atoms with Crippen LogP contribution in [0.4, 0.5) is 11.4 Å². The van der Waals surface area contributed by atoms with Crippen LogP contribution < -0.4 is 4.90 Å². The molecule has 3 heterocycles. The largest absolute Gasteiger partial charge is 0.370 e. The summed E-state index contributed by atoms with van der Waals surface area (Å²) >= 11 is 0. The van der Waals surface area contributed by atoms with E-state index in [9.17, 15) is 10.1 Å². The summed E-state index contributed by atoms with van der Waals surface area (Å²) < 4.78 is 1.77. The lowest BCUT2D eigenvalue weighted by Gasteiger charge is -2.33. The van der Waals surface area contributed by atoms with Crippen LogP contribution in [0.15, 0.2) is 43.0 Å². The highest BCUT2D eigenvalue weighted by molar-refractivity contribution is 5.68. The van der Waals surface area contributed by atoms with Gasteiger partial charge in [-0.25, -0.2) is 14.6 Å². The van der Waals surface area contributed by atoms with Gasteiger partial charge in [0.2, 0.25) is 0 Å². The molecule has 1 fully saturated rings. The van der Waals surface area contributed by atoms with Crippen LogP contribution in [0.2, 0.25) is 0 Å². The first kappa shape index (κ1) is 18.1. The molecule has 1 aliphatic rings. The third kappa shape index (κ3) is 3.58. The van der Waals surface area contributed by atoms with Gasteiger partial charge in [-0.15, -0.1) is 0 Å².